The van der Waals surface area contributed by atoms with E-state index < -0.39 is 17.8 Å². The number of nitrogens with zero attached hydrogens (tertiary/aromatic N) is 1. The SMILES string of the molecule is Cl.NC(c1cccc(Cl)c1)c1ccc(C(F)(F)F)cn1. The third kappa shape index (κ3) is 3.85. The maximum absolute atomic E-state index is 12.4. The fraction of sp³-hybridized carbons (Fsp3) is 0.154. The molecular weight excluding hydrogens is 312 g/mol. The van der Waals surface area contributed by atoms with E-state index in [2.05, 4.69) is 4.98 Å². The number of hydrogen-bond acceptors (Lipinski definition) is 2. The summed E-state index contributed by atoms with van der Waals surface area (Å²) in [6, 6.07) is 8.45. The summed E-state index contributed by atoms with van der Waals surface area (Å²) in [5.74, 6) is 0. The highest BCUT2D eigenvalue weighted by molar-refractivity contribution is 6.30. The van der Waals surface area contributed by atoms with Crippen molar-refractivity contribution >= 4 is 24.0 Å². The number of halogens is 5. The van der Waals surface area contributed by atoms with Crippen LogP contribution in [-0.2, 0) is 6.18 Å². The summed E-state index contributed by atoms with van der Waals surface area (Å²) in [6.07, 6.45) is -3.62. The molecule has 20 heavy (non-hydrogen) atoms. The molecule has 2 aromatic rings. The maximum atomic E-state index is 12.4. The molecule has 0 radical (unpaired) electrons. The minimum Gasteiger partial charge on any atom is -0.319 e. The molecule has 1 atom stereocenters. The van der Waals surface area contributed by atoms with Gasteiger partial charge >= 0.3 is 6.18 Å². The number of nitrogens with two attached hydrogens (primary N) is 1. The summed E-state index contributed by atoms with van der Waals surface area (Å²) in [7, 11) is 0. The van der Waals surface area contributed by atoms with Crippen molar-refractivity contribution in [1.82, 2.24) is 4.98 Å². The van der Waals surface area contributed by atoms with Gasteiger partial charge in [-0.05, 0) is 29.8 Å². The minimum absolute atomic E-state index is 0. The zero-order valence-electron chi connectivity index (χ0n) is 10.1. The first kappa shape index (κ1) is 16.8. The van der Waals surface area contributed by atoms with Crippen molar-refractivity contribution in [2.45, 2.75) is 12.2 Å². The Hall–Kier alpha value is -1.30. The summed E-state index contributed by atoms with van der Waals surface area (Å²) in [5, 5.41) is 0.514. The van der Waals surface area contributed by atoms with Gasteiger partial charge in [0.05, 0.1) is 17.3 Å². The van der Waals surface area contributed by atoms with Crippen LogP contribution in [0.15, 0.2) is 42.6 Å². The van der Waals surface area contributed by atoms with Gasteiger partial charge in [-0.1, -0.05) is 23.7 Å². The Morgan fingerprint density at radius 3 is 2.35 bits per heavy atom. The van der Waals surface area contributed by atoms with Crippen LogP contribution in [0.1, 0.15) is 22.9 Å². The van der Waals surface area contributed by atoms with Crippen molar-refractivity contribution in [1.29, 1.82) is 0 Å². The van der Waals surface area contributed by atoms with Gasteiger partial charge in [-0.2, -0.15) is 13.2 Å². The van der Waals surface area contributed by atoms with E-state index in [1.165, 1.54) is 6.07 Å². The van der Waals surface area contributed by atoms with Crippen molar-refractivity contribution in [3.63, 3.8) is 0 Å². The molecule has 0 amide bonds. The molecule has 7 heteroatoms. The summed E-state index contributed by atoms with van der Waals surface area (Å²) in [6.45, 7) is 0. The first-order valence-electron chi connectivity index (χ1n) is 5.42. The maximum Gasteiger partial charge on any atom is 0.417 e. The molecule has 2 N–H and O–H groups in total. The monoisotopic (exact) mass is 322 g/mol. The third-order valence-corrected chi connectivity index (χ3v) is 2.88. The van der Waals surface area contributed by atoms with Gasteiger partial charge in [0.1, 0.15) is 0 Å². The Morgan fingerprint density at radius 2 is 1.85 bits per heavy atom. The van der Waals surface area contributed by atoms with E-state index in [1.54, 1.807) is 24.3 Å². The van der Waals surface area contributed by atoms with Crippen molar-refractivity contribution in [2.24, 2.45) is 5.73 Å². The van der Waals surface area contributed by atoms with E-state index in [1.807, 2.05) is 0 Å². The predicted octanol–water partition coefficient (Wildman–Crippen LogP) is 4.22. The molecule has 1 heterocycles. The molecule has 1 aromatic carbocycles. The fourth-order valence-electron chi connectivity index (χ4n) is 1.63. The molecule has 1 aromatic heterocycles. The van der Waals surface area contributed by atoms with E-state index in [4.69, 9.17) is 17.3 Å². The van der Waals surface area contributed by atoms with Crippen LogP contribution in [0.25, 0.3) is 0 Å². The lowest BCUT2D eigenvalue weighted by atomic mass is 10.0. The first-order valence-corrected chi connectivity index (χ1v) is 5.80. The largest absolute Gasteiger partial charge is 0.417 e. The highest BCUT2D eigenvalue weighted by atomic mass is 35.5. The molecule has 0 aliphatic carbocycles. The Morgan fingerprint density at radius 1 is 1.15 bits per heavy atom. The van der Waals surface area contributed by atoms with Crippen molar-refractivity contribution in [3.8, 4) is 0 Å². The number of hydrogen-bond donors (Lipinski definition) is 1. The van der Waals surface area contributed by atoms with Crippen molar-refractivity contribution in [2.75, 3.05) is 0 Å². The smallest absolute Gasteiger partial charge is 0.319 e. The summed E-state index contributed by atoms with van der Waals surface area (Å²) < 4.78 is 37.2. The van der Waals surface area contributed by atoms with Gasteiger partial charge in [-0.3, -0.25) is 4.98 Å². The fourth-order valence-corrected chi connectivity index (χ4v) is 1.83. The molecule has 1 unspecified atom stereocenters. The molecule has 0 saturated heterocycles. The van der Waals surface area contributed by atoms with Gasteiger partial charge in [-0.25, -0.2) is 0 Å². The lowest BCUT2D eigenvalue weighted by Gasteiger charge is -2.13. The zero-order valence-corrected chi connectivity index (χ0v) is 11.6. The van der Waals surface area contributed by atoms with Gasteiger partial charge < -0.3 is 5.73 Å². The first-order chi connectivity index (χ1) is 8.88. The summed E-state index contributed by atoms with van der Waals surface area (Å²) >= 11 is 5.84. The Bertz CT molecular complexity index is 571. The van der Waals surface area contributed by atoms with Gasteiger partial charge in [-0.15, -0.1) is 12.4 Å². The number of aromatic nitrogens is 1. The normalized spacial score (nSPS) is 12.7. The third-order valence-electron chi connectivity index (χ3n) is 2.64. The second-order valence-corrected chi connectivity index (χ2v) is 4.44. The highest BCUT2D eigenvalue weighted by Crippen LogP contribution is 2.29. The lowest BCUT2D eigenvalue weighted by Crippen LogP contribution is -2.14. The number of alkyl halides is 3. The standard InChI is InChI=1S/C13H10ClF3N2.ClH/c14-10-3-1-2-8(6-10)12(18)11-5-4-9(7-19-11)13(15,16)17;/h1-7,12H,18H2;1H. The van der Waals surface area contributed by atoms with Crippen LogP contribution in [0.5, 0.6) is 0 Å². The van der Waals surface area contributed by atoms with E-state index in [9.17, 15) is 13.2 Å². The zero-order chi connectivity index (χ0) is 14.0. The molecule has 0 bridgehead atoms. The second kappa shape index (κ2) is 6.43. The van der Waals surface area contributed by atoms with Crippen LogP contribution >= 0.6 is 24.0 Å². The molecule has 108 valence electrons. The van der Waals surface area contributed by atoms with Gasteiger partial charge in [0.2, 0.25) is 0 Å². The van der Waals surface area contributed by atoms with E-state index in [-0.39, 0.29) is 12.4 Å². The molecule has 0 saturated carbocycles. The van der Waals surface area contributed by atoms with E-state index in [0.29, 0.717) is 16.3 Å². The predicted molar refractivity (Wildman–Crippen MR) is 74.0 cm³/mol. The quantitative estimate of drug-likeness (QED) is 0.898. The van der Waals surface area contributed by atoms with Crippen LogP contribution in [0.3, 0.4) is 0 Å². The Balaban J connectivity index is 0.00000200. The molecule has 2 rings (SSSR count). The van der Waals surface area contributed by atoms with Gasteiger partial charge in [0, 0.05) is 11.2 Å². The molecule has 2 nitrogen and oxygen atoms in total. The molecule has 0 spiro atoms. The number of benzene rings is 1. The summed E-state index contributed by atoms with van der Waals surface area (Å²) in [5.41, 5.74) is 6.20. The van der Waals surface area contributed by atoms with Crippen LogP contribution in [0.2, 0.25) is 5.02 Å². The van der Waals surface area contributed by atoms with E-state index in [0.717, 1.165) is 12.3 Å². The van der Waals surface area contributed by atoms with Crippen molar-refractivity contribution < 1.29 is 13.2 Å². The molecule has 0 aliphatic heterocycles. The molecule has 0 fully saturated rings. The van der Waals surface area contributed by atoms with Crippen molar-refractivity contribution in [3.05, 3.63) is 64.4 Å². The minimum atomic E-state index is -4.40. The van der Waals surface area contributed by atoms with Gasteiger partial charge in [0.25, 0.3) is 0 Å². The average molecular weight is 323 g/mol. The Kier molecular flexibility index (Phi) is 5.39. The van der Waals surface area contributed by atoms with Crippen LogP contribution in [0.4, 0.5) is 13.2 Å². The second-order valence-electron chi connectivity index (χ2n) is 4.00. The lowest BCUT2D eigenvalue weighted by molar-refractivity contribution is -0.137. The summed E-state index contributed by atoms with van der Waals surface area (Å²) in [4.78, 5) is 3.76. The van der Waals surface area contributed by atoms with Crippen LogP contribution < -0.4 is 5.73 Å². The highest BCUT2D eigenvalue weighted by Gasteiger charge is 2.30. The number of rotatable bonds is 2. The van der Waals surface area contributed by atoms with Crippen LogP contribution in [0, 0.1) is 0 Å². The van der Waals surface area contributed by atoms with Crippen LogP contribution in [-0.4, -0.2) is 4.98 Å². The average Bonchev–Trinajstić information content (AvgIpc) is 2.37. The molecule has 0 aliphatic rings. The topological polar surface area (TPSA) is 38.9 Å². The van der Waals surface area contributed by atoms with E-state index >= 15 is 0 Å². The number of pyridine rings is 1. The Labute approximate surface area is 125 Å². The van der Waals surface area contributed by atoms with Gasteiger partial charge in [0.15, 0.2) is 0 Å². The molecular formula is C13H11Cl2F3N2.